The Hall–Kier alpha value is -7.60. The smallest absolute Gasteiger partial charge is 0.235 e. The van der Waals surface area contributed by atoms with Crippen molar-refractivity contribution >= 4 is 85.9 Å². The molecule has 0 N–H and O–H groups in total. The molecule has 0 saturated carbocycles. The minimum absolute atomic E-state index is 0.651. The highest BCUT2D eigenvalue weighted by Crippen LogP contribution is 2.45. The third-order valence-electron chi connectivity index (χ3n) is 12.1. The van der Waals surface area contributed by atoms with Crippen molar-refractivity contribution in [2.24, 2.45) is 0 Å². The van der Waals surface area contributed by atoms with Gasteiger partial charge in [0.15, 0.2) is 0 Å². The fourth-order valence-electron chi connectivity index (χ4n) is 9.48. The molecule has 0 amide bonds. The van der Waals surface area contributed by atoms with Crippen LogP contribution in [0.4, 0.5) is 0 Å². The molecular formula is C54H32N4S. The molecule has 274 valence electrons. The Morgan fingerprint density at radius 1 is 0.356 bits per heavy atom. The van der Waals surface area contributed by atoms with Gasteiger partial charge >= 0.3 is 0 Å². The summed E-state index contributed by atoms with van der Waals surface area (Å²) in [6, 6.07) is 70.1. The summed E-state index contributed by atoms with van der Waals surface area (Å²) in [5.74, 6) is 0.651. The fraction of sp³-hybridized carbons (Fsp3) is 0. The number of aromatic nitrogens is 4. The van der Waals surface area contributed by atoms with Crippen molar-refractivity contribution in [3.63, 3.8) is 0 Å². The molecule has 0 atom stereocenters. The molecule has 0 radical (unpaired) electrons. The molecule has 0 spiro atoms. The highest BCUT2D eigenvalue weighted by Gasteiger charge is 2.22. The molecule has 0 fully saturated rings. The first-order valence-corrected chi connectivity index (χ1v) is 20.8. The summed E-state index contributed by atoms with van der Waals surface area (Å²) in [6.45, 7) is 0. The van der Waals surface area contributed by atoms with Crippen LogP contribution < -0.4 is 0 Å². The predicted molar refractivity (Wildman–Crippen MR) is 249 cm³/mol. The van der Waals surface area contributed by atoms with Gasteiger partial charge in [0.25, 0.3) is 0 Å². The first-order valence-electron chi connectivity index (χ1n) is 20.0. The van der Waals surface area contributed by atoms with E-state index in [0.29, 0.717) is 5.95 Å². The quantitative estimate of drug-likeness (QED) is 0.164. The third kappa shape index (κ3) is 4.83. The zero-order valence-electron chi connectivity index (χ0n) is 31.7. The van der Waals surface area contributed by atoms with Crippen LogP contribution >= 0.6 is 11.3 Å². The first kappa shape index (κ1) is 32.5. The second kappa shape index (κ2) is 12.4. The van der Waals surface area contributed by atoms with E-state index in [1.54, 1.807) is 0 Å². The van der Waals surface area contributed by atoms with Crippen molar-refractivity contribution in [3.8, 4) is 45.3 Å². The van der Waals surface area contributed by atoms with Crippen LogP contribution in [0.3, 0.4) is 0 Å². The van der Waals surface area contributed by atoms with Gasteiger partial charge in [0, 0.05) is 58.5 Å². The standard InChI is InChI=1S/C54H32N4S/c1-3-12-33(13-4-1)44-32-45(34-14-5-2-6-15-34)56-54(55-44)58-46-19-9-7-17-39(46)42-30-36(23-27-47(42)58)38-26-28-49-53-41(38)25-22-35-16-11-20-48(52(35)53)57(49)37-24-29-51-43(31-37)40-18-8-10-21-50(40)59-51/h1-32H. The maximum Gasteiger partial charge on any atom is 0.235 e. The molecular weight excluding hydrogens is 737 g/mol. The molecule has 4 aromatic heterocycles. The van der Waals surface area contributed by atoms with Gasteiger partial charge in [-0.1, -0.05) is 133 Å². The van der Waals surface area contributed by atoms with Gasteiger partial charge in [-0.15, -0.1) is 11.3 Å². The highest BCUT2D eigenvalue weighted by atomic mass is 32.1. The predicted octanol–water partition coefficient (Wildman–Crippen LogP) is 14.6. The molecule has 0 bridgehead atoms. The van der Waals surface area contributed by atoms with Crippen LogP contribution in [0.2, 0.25) is 0 Å². The van der Waals surface area contributed by atoms with Gasteiger partial charge in [0.1, 0.15) is 0 Å². The molecule has 0 unspecified atom stereocenters. The van der Waals surface area contributed by atoms with Gasteiger partial charge in [0.2, 0.25) is 5.95 Å². The maximum absolute atomic E-state index is 5.25. The van der Waals surface area contributed by atoms with E-state index in [0.717, 1.165) is 33.5 Å². The second-order valence-corrected chi connectivity index (χ2v) is 16.4. The lowest BCUT2D eigenvalue weighted by Crippen LogP contribution is -2.03. The molecule has 0 aliphatic rings. The summed E-state index contributed by atoms with van der Waals surface area (Å²) in [4.78, 5) is 10.5. The van der Waals surface area contributed by atoms with Crippen LogP contribution in [0.25, 0.3) is 120 Å². The van der Waals surface area contributed by atoms with Crippen LogP contribution in [0.5, 0.6) is 0 Å². The van der Waals surface area contributed by atoms with Crippen molar-refractivity contribution in [3.05, 3.63) is 194 Å². The zero-order chi connectivity index (χ0) is 38.6. The van der Waals surface area contributed by atoms with Crippen molar-refractivity contribution in [2.75, 3.05) is 0 Å². The van der Waals surface area contributed by atoms with Gasteiger partial charge in [-0.3, -0.25) is 4.57 Å². The van der Waals surface area contributed by atoms with E-state index in [1.807, 2.05) is 23.5 Å². The average Bonchev–Trinajstić information content (AvgIpc) is 3.96. The number of rotatable bonds is 5. The van der Waals surface area contributed by atoms with E-state index in [-0.39, 0.29) is 0 Å². The summed E-state index contributed by atoms with van der Waals surface area (Å²) in [6.07, 6.45) is 0. The summed E-state index contributed by atoms with van der Waals surface area (Å²) in [5.41, 5.74) is 12.0. The van der Waals surface area contributed by atoms with Crippen LogP contribution in [0, 0.1) is 0 Å². The summed E-state index contributed by atoms with van der Waals surface area (Å²) in [7, 11) is 0. The molecule has 59 heavy (non-hydrogen) atoms. The van der Waals surface area contributed by atoms with Crippen molar-refractivity contribution in [2.45, 2.75) is 0 Å². The second-order valence-electron chi connectivity index (χ2n) is 15.4. The van der Waals surface area contributed by atoms with Gasteiger partial charge in [0.05, 0.1) is 33.5 Å². The van der Waals surface area contributed by atoms with Gasteiger partial charge in [-0.2, -0.15) is 0 Å². The van der Waals surface area contributed by atoms with Crippen LogP contribution in [-0.2, 0) is 0 Å². The Morgan fingerprint density at radius 3 is 1.83 bits per heavy atom. The Balaban J connectivity index is 1.02. The fourth-order valence-corrected chi connectivity index (χ4v) is 10.6. The minimum atomic E-state index is 0.651. The molecule has 13 aromatic rings. The van der Waals surface area contributed by atoms with E-state index in [1.165, 1.54) is 80.3 Å². The van der Waals surface area contributed by atoms with E-state index >= 15 is 0 Å². The van der Waals surface area contributed by atoms with Crippen molar-refractivity contribution < 1.29 is 0 Å². The largest absolute Gasteiger partial charge is 0.309 e. The molecule has 4 heterocycles. The molecule has 9 aromatic carbocycles. The number of nitrogens with zero attached hydrogens (tertiary/aromatic N) is 4. The molecule has 0 saturated heterocycles. The third-order valence-corrected chi connectivity index (χ3v) is 13.3. The van der Waals surface area contributed by atoms with Crippen molar-refractivity contribution in [1.82, 2.24) is 19.1 Å². The number of hydrogen-bond acceptors (Lipinski definition) is 3. The molecule has 4 nitrogen and oxygen atoms in total. The minimum Gasteiger partial charge on any atom is -0.309 e. The van der Waals surface area contributed by atoms with Crippen molar-refractivity contribution in [1.29, 1.82) is 0 Å². The number of para-hydroxylation sites is 1. The summed E-state index contributed by atoms with van der Waals surface area (Å²) >= 11 is 1.86. The highest BCUT2D eigenvalue weighted by molar-refractivity contribution is 7.25. The maximum atomic E-state index is 5.25. The van der Waals surface area contributed by atoms with Gasteiger partial charge in [-0.05, 0) is 82.6 Å². The Bertz CT molecular complexity index is 3720. The van der Waals surface area contributed by atoms with E-state index in [2.05, 4.69) is 191 Å². The number of fused-ring (bicyclic) bond motifs is 6. The van der Waals surface area contributed by atoms with E-state index < -0.39 is 0 Å². The molecule has 13 rings (SSSR count). The SMILES string of the molecule is c1ccc(-c2cc(-c3ccccc3)nc(-n3c4ccccc4c4cc(-c5ccc6c7c5ccc5cccc(c57)n6-c5ccc6sc7ccccc7c6c5)ccc43)n2)cc1. The topological polar surface area (TPSA) is 35.6 Å². The monoisotopic (exact) mass is 768 g/mol. The lowest BCUT2D eigenvalue weighted by molar-refractivity contribution is 0.995. The summed E-state index contributed by atoms with van der Waals surface area (Å²) < 4.78 is 7.33. The lowest BCUT2D eigenvalue weighted by Gasteiger charge is -2.12. The number of benzene rings is 9. The van der Waals surface area contributed by atoms with E-state index in [9.17, 15) is 0 Å². The van der Waals surface area contributed by atoms with Crippen LogP contribution in [0.15, 0.2) is 194 Å². The Kier molecular flexibility index (Phi) is 6.85. The first-order chi connectivity index (χ1) is 29.2. The number of thiophene rings is 1. The number of hydrogen-bond donors (Lipinski definition) is 0. The summed E-state index contributed by atoms with van der Waals surface area (Å²) in [5, 5.41) is 10.1. The Labute approximate surface area is 342 Å². The van der Waals surface area contributed by atoms with Crippen LogP contribution in [0.1, 0.15) is 0 Å². The van der Waals surface area contributed by atoms with Gasteiger partial charge < -0.3 is 4.57 Å². The molecule has 0 aliphatic carbocycles. The average molecular weight is 769 g/mol. The van der Waals surface area contributed by atoms with Gasteiger partial charge in [-0.25, -0.2) is 9.97 Å². The lowest BCUT2D eigenvalue weighted by atomic mass is 9.94. The molecule has 5 heteroatoms. The van der Waals surface area contributed by atoms with Crippen LogP contribution in [-0.4, -0.2) is 19.1 Å². The van der Waals surface area contributed by atoms with E-state index in [4.69, 9.17) is 9.97 Å². The normalized spacial score (nSPS) is 12.1. The molecule has 0 aliphatic heterocycles. The zero-order valence-corrected chi connectivity index (χ0v) is 32.5. The Morgan fingerprint density at radius 2 is 1.02 bits per heavy atom.